The van der Waals surface area contributed by atoms with E-state index in [1.165, 1.54) is 6.42 Å². The molecule has 1 aliphatic rings. The van der Waals surface area contributed by atoms with Crippen molar-refractivity contribution in [3.05, 3.63) is 35.9 Å². The molecule has 1 fully saturated rings. The summed E-state index contributed by atoms with van der Waals surface area (Å²) < 4.78 is 0. The molecule has 19 heavy (non-hydrogen) atoms. The molecule has 3 unspecified atom stereocenters. The molecule has 0 spiro atoms. The van der Waals surface area contributed by atoms with Crippen molar-refractivity contribution in [2.75, 3.05) is 26.7 Å². The lowest BCUT2D eigenvalue weighted by molar-refractivity contribution is 0.00895. The van der Waals surface area contributed by atoms with Crippen LogP contribution in [0.5, 0.6) is 0 Å². The smallest absolute Gasteiger partial charge is 0.0942 e. The van der Waals surface area contributed by atoms with E-state index < -0.39 is 6.10 Å². The van der Waals surface area contributed by atoms with E-state index in [1.54, 1.807) is 0 Å². The second kappa shape index (κ2) is 6.51. The molecule has 1 aliphatic heterocycles. The fourth-order valence-corrected chi connectivity index (χ4v) is 2.91. The predicted octanol–water partition coefficient (Wildman–Crippen LogP) is 2.13. The first kappa shape index (κ1) is 14.5. The number of aliphatic hydroxyl groups is 1. The number of hydrogen-bond donors (Lipinski definition) is 1. The Hall–Kier alpha value is -0.900. The van der Waals surface area contributed by atoms with Gasteiger partial charge in [0.25, 0.3) is 0 Å². The largest absolute Gasteiger partial charge is 0.387 e. The third kappa shape index (κ3) is 3.35. The highest BCUT2D eigenvalue weighted by Crippen LogP contribution is 2.23. The van der Waals surface area contributed by atoms with Crippen molar-refractivity contribution in [1.82, 2.24) is 9.80 Å². The van der Waals surface area contributed by atoms with Crippen molar-refractivity contribution in [3.8, 4) is 0 Å². The third-order valence-electron chi connectivity index (χ3n) is 4.45. The van der Waals surface area contributed by atoms with Crippen LogP contribution in [-0.4, -0.2) is 53.7 Å². The van der Waals surface area contributed by atoms with Crippen LogP contribution >= 0.6 is 0 Å². The summed E-state index contributed by atoms with van der Waals surface area (Å²) in [5.74, 6) is 0. The van der Waals surface area contributed by atoms with Crippen molar-refractivity contribution in [2.24, 2.45) is 0 Å². The lowest BCUT2D eigenvalue weighted by Crippen LogP contribution is -2.54. The summed E-state index contributed by atoms with van der Waals surface area (Å²) in [6.07, 6.45) is 0.767. The van der Waals surface area contributed by atoms with Gasteiger partial charge in [-0.15, -0.1) is 0 Å². The molecule has 1 N–H and O–H groups in total. The number of nitrogens with zero attached hydrogens (tertiary/aromatic N) is 2. The van der Waals surface area contributed by atoms with Crippen LogP contribution in [0.3, 0.4) is 0 Å². The van der Waals surface area contributed by atoms with Crippen molar-refractivity contribution in [1.29, 1.82) is 0 Å². The fourth-order valence-electron chi connectivity index (χ4n) is 2.91. The molecular formula is C16H26N2O. The van der Waals surface area contributed by atoms with E-state index in [2.05, 4.69) is 30.7 Å². The molecule has 0 saturated carbocycles. The van der Waals surface area contributed by atoms with Gasteiger partial charge >= 0.3 is 0 Å². The maximum Gasteiger partial charge on any atom is 0.0942 e. The second-order valence-corrected chi connectivity index (χ2v) is 5.63. The van der Waals surface area contributed by atoms with Crippen molar-refractivity contribution < 1.29 is 5.11 Å². The van der Waals surface area contributed by atoms with E-state index >= 15 is 0 Å². The minimum absolute atomic E-state index is 0.171. The Morgan fingerprint density at radius 1 is 1.26 bits per heavy atom. The second-order valence-electron chi connectivity index (χ2n) is 5.63. The number of hydrogen-bond acceptors (Lipinski definition) is 3. The zero-order valence-electron chi connectivity index (χ0n) is 12.3. The average Bonchev–Trinajstić information content (AvgIpc) is 2.47. The molecule has 0 bridgehead atoms. The highest BCUT2D eigenvalue weighted by atomic mass is 16.3. The van der Waals surface area contributed by atoms with Gasteiger partial charge in [0.2, 0.25) is 0 Å². The SMILES string of the molecule is CCC1CN(C(C)C(O)c2ccccc2)CCN1C. The lowest BCUT2D eigenvalue weighted by atomic mass is 10.00. The van der Waals surface area contributed by atoms with Crippen molar-refractivity contribution >= 4 is 0 Å². The van der Waals surface area contributed by atoms with E-state index in [0.29, 0.717) is 6.04 Å². The fraction of sp³-hybridized carbons (Fsp3) is 0.625. The van der Waals surface area contributed by atoms with E-state index in [9.17, 15) is 5.11 Å². The van der Waals surface area contributed by atoms with Crippen LogP contribution in [0.25, 0.3) is 0 Å². The highest BCUT2D eigenvalue weighted by Gasteiger charge is 2.29. The van der Waals surface area contributed by atoms with E-state index in [4.69, 9.17) is 0 Å². The van der Waals surface area contributed by atoms with Crippen LogP contribution in [0.2, 0.25) is 0 Å². The molecule has 1 saturated heterocycles. The molecule has 0 radical (unpaired) electrons. The molecular weight excluding hydrogens is 236 g/mol. The zero-order chi connectivity index (χ0) is 13.8. The first-order valence-electron chi connectivity index (χ1n) is 7.30. The molecule has 3 atom stereocenters. The van der Waals surface area contributed by atoms with Gasteiger partial charge in [-0.05, 0) is 26.0 Å². The zero-order valence-corrected chi connectivity index (χ0v) is 12.3. The number of aliphatic hydroxyl groups excluding tert-OH is 1. The minimum atomic E-state index is -0.401. The number of benzene rings is 1. The van der Waals surface area contributed by atoms with Crippen LogP contribution in [-0.2, 0) is 0 Å². The quantitative estimate of drug-likeness (QED) is 0.900. The molecule has 0 aromatic heterocycles. The normalized spacial score (nSPS) is 25.2. The van der Waals surface area contributed by atoms with Gasteiger partial charge in [-0.25, -0.2) is 0 Å². The van der Waals surface area contributed by atoms with Gasteiger partial charge in [0.1, 0.15) is 0 Å². The molecule has 1 heterocycles. The Morgan fingerprint density at radius 2 is 1.95 bits per heavy atom. The first-order valence-corrected chi connectivity index (χ1v) is 7.30. The van der Waals surface area contributed by atoms with Gasteiger partial charge in [-0.2, -0.15) is 0 Å². The van der Waals surface area contributed by atoms with Crippen LogP contribution in [0, 0.1) is 0 Å². The summed E-state index contributed by atoms with van der Waals surface area (Å²) in [5.41, 5.74) is 1.02. The Labute approximate surface area is 116 Å². The number of likely N-dealkylation sites (N-methyl/N-ethyl adjacent to an activating group) is 1. The third-order valence-corrected chi connectivity index (χ3v) is 4.45. The molecule has 3 nitrogen and oxygen atoms in total. The van der Waals surface area contributed by atoms with Gasteiger partial charge in [0.15, 0.2) is 0 Å². The Kier molecular flexibility index (Phi) is 4.97. The molecule has 1 aromatic carbocycles. The number of piperazine rings is 1. The monoisotopic (exact) mass is 262 g/mol. The topological polar surface area (TPSA) is 26.7 Å². The van der Waals surface area contributed by atoms with Crippen LogP contribution < -0.4 is 0 Å². The van der Waals surface area contributed by atoms with Gasteiger partial charge < -0.3 is 10.0 Å². The summed E-state index contributed by atoms with van der Waals surface area (Å²) in [6, 6.07) is 10.8. The van der Waals surface area contributed by atoms with Crippen molar-refractivity contribution in [2.45, 2.75) is 38.5 Å². The van der Waals surface area contributed by atoms with Gasteiger partial charge in [0.05, 0.1) is 6.10 Å². The van der Waals surface area contributed by atoms with Crippen LogP contribution in [0.1, 0.15) is 31.9 Å². The molecule has 0 aliphatic carbocycles. The standard InChI is InChI=1S/C16H26N2O/c1-4-15-12-18(11-10-17(15)3)13(2)16(19)14-8-6-5-7-9-14/h5-9,13,15-16,19H,4,10-12H2,1-3H3. The molecule has 2 rings (SSSR count). The van der Waals surface area contributed by atoms with Crippen LogP contribution in [0.15, 0.2) is 30.3 Å². The van der Waals surface area contributed by atoms with E-state index in [-0.39, 0.29) is 6.04 Å². The highest BCUT2D eigenvalue weighted by molar-refractivity contribution is 5.18. The predicted molar refractivity (Wildman–Crippen MR) is 79.1 cm³/mol. The van der Waals surface area contributed by atoms with Crippen LogP contribution in [0.4, 0.5) is 0 Å². The van der Waals surface area contributed by atoms with Crippen molar-refractivity contribution in [3.63, 3.8) is 0 Å². The van der Waals surface area contributed by atoms with Gasteiger partial charge in [-0.1, -0.05) is 37.3 Å². The van der Waals surface area contributed by atoms with E-state index in [0.717, 1.165) is 25.2 Å². The number of rotatable bonds is 4. The summed E-state index contributed by atoms with van der Waals surface area (Å²) in [5, 5.41) is 10.5. The lowest BCUT2D eigenvalue weighted by Gasteiger charge is -2.43. The molecule has 0 amide bonds. The first-order chi connectivity index (χ1) is 9.13. The Bertz CT molecular complexity index is 382. The summed E-state index contributed by atoms with van der Waals surface area (Å²) >= 11 is 0. The average molecular weight is 262 g/mol. The van der Waals surface area contributed by atoms with E-state index in [1.807, 2.05) is 30.3 Å². The van der Waals surface area contributed by atoms with Gasteiger partial charge in [-0.3, -0.25) is 4.90 Å². The maximum absolute atomic E-state index is 10.5. The molecule has 106 valence electrons. The minimum Gasteiger partial charge on any atom is -0.387 e. The summed E-state index contributed by atoms with van der Waals surface area (Å²) in [4.78, 5) is 4.85. The molecule has 3 heteroatoms. The Morgan fingerprint density at radius 3 is 2.58 bits per heavy atom. The maximum atomic E-state index is 10.5. The summed E-state index contributed by atoms with van der Waals surface area (Å²) in [6.45, 7) is 7.55. The molecule has 1 aromatic rings. The van der Waals surface area contributed by atoms with Gasteiger partial charge in [0, 0.05) is 31.7 Å². The summed E-state index contributed by atoms with van der Waals surface area (Å²) in [7, 11) is 2.20. The Balaban J connectivity index is 2.01.